The van der Waals surface area contributed by atoms with Gasteiger partial charge in [0, 0.05) is 22.3 Å². The van der Waals surface area contributed by atoms with Crippen molar-refractivity contribution in [2.45, 2.75) is 29.5 Å². The lowest BCUT2D eigenvalue weighted by Gasteiger charge is -2.38. The van der Waals surface area contributed by atoms with Gasteiger partial charge in [0.25, 0.3) is 10.0 Å². The molecule has 0 aromatic heterocycles. The molecule has 1 aliphatic heterocycles. The zero-order valence-corrected chi connectivity index (χ0v) is 19.3. The lowest BCUT2D eigenvalue weighted by Crippen LogP contribution is -2.31. The Labute approximate surface area is 200 Å². The number of rotatable bonds is 4. The summed E-state index contributed by atoms with van der Waals surface area (Å²) in [5, 5.41) is 3.75. The Kier molecular flexibility index (Phi) is 5.61. The number of hydrogen-bond acceptors (Lipinski definition) is 3. The minimum Gasteiger partial charge on any atom is -0.378 e. The normalized spacial score (nSPS) is 21.5. The molecule has 176 valence electrons. The molecule has 1 aliphatic carbocycles. The topological polar surface area (TPSA) is 58.2 Å². The molecule has 3 aromatic rings. The third-order valence-corrected chi connectivity index (χ3v) is 7.97. The minimum absolute atomic E-state index is 0.0798. The van der Waals surface area contributed by atoms with Gasteiger partial charge in [0.1, 0.15) is 0 Å². The number of benzene rings is 3. The Bertz CT molecular complexity index is 1370. The Morgan fingerprint density at radius 2 is 1.71 bits per heavy atom. The molecule has 0 fully saturated rings. The summed E-state index contributed by atoms with van der Waals surface area (Å²) in [6.45, 7) is 0. The third-order valence-electron chi connectivity index (χ3n) is 6.34. The molecule has 34 heavy (non-hydrogen) atoms. The van der Waals surface area contributed by atoms with E-state index >= 15 is 0 Å². The van der Waals surface area contributed by atoms with E-state index in [-0.39, 0.29) is 22.3 Å². The van der Waals surface area contributed by atoms with Crippen LogP contribution in [0.25, 0.3) is 0 Å². The van der Waals surface area contributed by atoms with Gasteiger partial charge in [0.05, 0.1) is 16.5 Å². The largest absolute Gasteiger partial charge is 0.416 e. The maximum absolute atomic E-state index is 13.7. The number of anilines is 2. The fourth-order valence-corrected chi connectivity index (χ4v) is 6.03. The van der Waals surface area contributed by atoms with Gasteiger partial charge >= 0.3 is 6.18 Å². The number of alkyl halides is 3. The average molecular weight is 505 g/mol. The average Bonchev–Trinajstić information content (AvgIpc) is 3.29. The van der Waals surface area contributed by atoms with Crippen LogP contribution in [0.1, 0.15) is 35.1 Å². The number of nitrogens with one attached hydrogen (secondary N) is 2. The van der Waals surface area contributed by atoms with E-state index in [2.05, 4.69) is 10.0 Å². The smallest absolute Gasteiger partial charge is 0.378 e. The quantitative estimate of drug-likeness (QED) is 0.377. The second-order valence-corrected chi connectivity index (χ2v) is 10.5. The van der Waals surface area contributed by atoms with E-state index in [0.29, 0.717) is 22.8 Å². The van der Waals surface area contributed by atoms with Gasteiger partial charge in [0.2, 0.25) is 0 Å². The Balaban J connectivity index is 1.51. The molecule has 3 aromatic carbocycles. The van der Waals surface area contributed by atoms with Crippen molar-refractivity contribution in [2.75, 3.05) is 10.0 Å². The zero-order valence-electron chi connectivity index (χ0n) is 17.7. The van der Waals surface area contributed by atoms with E-state index in [1.165, 1.54) is 18.2 Å². The van der Waals surface area contributed by atoms with Crippen LogP contribution in [-0.2, 0) is 16.2 Å². The number of sulfonamides is 1. The fourth-order valence-electron chi connectivity index (χ4n) is 4.81. The molecule has 0 bridgehead atoms. The molecule has 9 heteroatoms. The minimum atomic E-state index is -4.47. The fraction of sp³-hybridized carbons (Fsp3) is 0.200. The van der Waals surface area contributed by atoms with Gasteiger partial charge in [-0.3, -0.25) is 4.72 Å². The number of allylic oxidation sites excluding steroid dienone is 2. The summed E-state index contributed by atoms with van der Waals surface area (Å²) in [7, 11) is -3.87. The number of hydrogen-bond donors (Lipinski definition) is 2. The van der Waals surface area contributed by atoms with Crippen LogP contribution in [-0.4, -0.2) is 8.42 Å². The van der Waals surface area contributed by atoms with Crippen molar-refractivity contribution in [1.29, 1.82) is 0 Å². The van der Waals surface area contributed by atoms with Crippen molar-refractivity contribution in [3.05, 3.63) is 101 Å². The highest BCUT2D eigenvalue weighted by molar-refractivity contribution is 7.92. The maximum Gasteiger partial charge on any atom is 0.416 e. The molecule has 2 N–H and O–H groups in total. The summed E-state index contributed by atoms with van der Waals surface area (Å²) in [5.41, 5.74) is 1.29. The predicted molar refractivity (Wildman–Crippen MR) is 126 cm³/mol. The first-order valence-electron chi connectivity index (χ1n) is 10.7. The first-order chi connectivity index (χ1) is 16.1. The summed E-state index contributed by atoms with van der Waals surface area (Å²) in [5.74, 6) is -0.369. The van der Waals surface area contributed by atoms with Crippen molar-refractivity contribution in [1.82, 2.24) is 0 Å². The van der Waals surface area contributed by atoms with E-state index in [1.54, 1.807) is 42.5 Å². The molecule has 0 unspecified atom stereocenters. The molecule has 0 amide bonds. The van der Waals surface area contributed by atoms with Gasteiger partial charge in [0.15, 0.2) is 0 Å². The van der Waals surface area contributed by atoms with Gasteiger partial charge in [-0.1, -0.05) is 42.0 Å². The zero-order chi connectivity index (χ0) is 24.1. The SMILES string of the molecule is O=S(=O)(Nc1ccc(Cl)cc1)c1ccc2c(c1)[C@H]1C=CC[C@H]1[C@@H](c1ccccc1C(F)(F)F)N2. The second-order valence-electron chi connectivity index (χ2n) is 8.42. The first-order valence-corrected chi connectivity index (χ1v) is 12.5. The van der Waals surface area contributed by atoms with Crippen LogP contribution in [0.15, 0.2) is 83.8 Å². The maximum atomic E-state index is 13.7. The Hall–Kier alpha value is -2.97. The van der Waals surface area contributed by atoms with Crippen molar-refractivity contribution in [3.8, 4) is 0 Å². The van der Waals surface area contributed by atoms with E-state index < -0.39 is 27.8 Å². The van der Waals surface area contributed by atoms with Crippen LogP contribution in [0.5, 0.6) is 0 Å². The summed E-state index contributed by atoms with van der Waals surface area (Å²) < 4.78 is 69.6. The molecule has 1 heterocycles. The summed E-state index contributed by atoms with van der Waals surface area (Å²) >= 11 is 5.87. The van der Waals surface area contributed by atoms with Crippen LogP contribution in [0.2, 0.25) is 5.02 Å². The van der Waals surface area contributed by atoms with Gasteiger partial charge in [-0.15, -0.1) is 0 Å². The molecule has 5 rings (SSSR count). The van der Waals surface area contributed by atoms with Gasteiger partial charge in [-0.25, -0.2) is 8.42 Å². The number of fused-ring (bicyclic) bond motifs is 3. The van der Waals surface area contributed by atoms with Crippen LogP contribution in [0.4, 0.5) is 24.5 Å². The predicted octanol–water partition coefficient (Wildman–Crippen LogP) is 6.99. The van der Waals surface area contributed by atoms with Crippen molar-refractivity contribution < 1.29 is 21.6 Å². The van der Waals surface area contributed by atoms with E-state index in [0.717, 1.165) is 11.6 Å². The van der Waals surface area contributed by atoms with Crippen LogP contribution in [0.3, 0.4) is 0 Å². The van der Waals surface area contributed by atoms with Gasteiger partial charge < -0.3 is 5.32 Å². The van der Waals surface area contributed by atoms with Gasteiger partial charge in [-0.05, 0) is 72.0 Å². The van der Waals surface area contributed by atoms with Crippen LogP contribution < -0.4 is 10.0 Å². The van der Waals surface area contributed by atoms with E-state index in [1.807, 2.05) is 12.2 Å². The van der Waals surface area contributed by atoms with Crippen LogP contribution >= 0.6 is 11.6 Å². The number of halogens is 4. The van der Waals surface area contributed by atoms with Crippen molar-refractivity contribution in [2.24, 2.45) is 5.92 Å². The molecular weight excluding hydrogens is 485 g/mol. The van der Waals surface area contributed by atoms with Gasteiger partial charge in [-0.2, -0.15) is 13.2 Å². The third kappa shape index (κ3) is 4.16. The summed E-state index contributed by atoms with van der Waals surface area (Å²) in [6.07, 6.45) is 0.0261. The van der Waals surface area contributed by atoms with E-state index in [4.69, 9.17) is 11.6 Å². The molecule has 4 nitrogen and oxygen atoms in total. The molecule has 0 radical (unpaired) electrons. The standard InChI is InChI=1S/C25H20ClF3N2O2S/c26-15-8-10-16(11-9-15)31-34(32,33)17-12-13-23-21(14-17)18-5-3-6-19(18)24(30-23)20-4-1-2-7-22(20)25(27,28)29/h1-5,7-14,18-19,24,30-31H,6H2/t18-,19+,24-/m0/s1. The molecule has 0 saturated carbocycles. The molecule has 0 spiro atoms. The molecule has 2 aliphatic rings. The summed E-state index contributed by atoms with van der Waals surface area (Å²) in [6, 6.07) is 16.0. The summed E-state index contributed by atoms with van der Waals surface area (Å²) in [4.78, 5) is 0.0798. The highest BCUT2D eigenvalue weighted by Gasteiger charge is 2.42. The molecule has 0 saturated heterocycles. The lowest BCUT2D eigenvalue weighted by atomic mass is 9.76. The van der Waals surface area contributed by atoms with E-state index in [9.17, 15) is 21.6 Å². The Morgan fingerprint density at radius 3 is 2.44 bits per heavy atom. The second kappa shape index (κ2) is 8.36. The van der Waals surface area contributed by atoms with Crippen molar-refractivity contribution in [3.63, 3.8) is 0 Å². The lowest BCUT2D eigenvalue weighted by molar-refractivity contribution is -0.138. The van der Waals surface area contributed by atoms with Crippen molar-refractivity contribution >= 4 is 33.0 Å². The monoisotopic (exact) mass is 504 g/mol. The highest BCUT2D eigenvalue weighted by atomic mass is 35.5. The highest BCUT2D eigenvalue weighted by Crippen LogP contribution is 2.51. The Morgan fingerprint density at radius 1 is 0.971 bits per heavy atom. The van der Waals surface area contributed by atoms with Crippen LogP contribution in [0, 0.1) is 5.92 Å². The molecule has 3 atom stereocenters. The first kappa shape index (κ1) is 22.8. The molecular formula is C25H20ClF3N2O2S.